The zero-order valence-electron chi connectivity index (χ0n) is 14.1. The first-order chi connectivity index (χ1) is 10.6. The maximum Gasteiger partial charge on any atom is 0.193 e. The molecule has 23 heavy (non-hydrogen) atoms. The van der Waals surface area contributed by atoms with Gasteiger partial charge >= 0.3 is 0 Å². The van der Waals surface area contributed by atoms with E-state index in [2.05, 4.69) is 28.3 Å². The second-order valence-corrected chi connectivity index (χ2v) is 7.71. The molecule has 1 aromatic rings. The zero-order chi connectivity index (χ0) is 16.0. The molecule has 0 bridgehead atoms. The van der Waals surface area contributed by atoms with Gasteiger partial charge in [0.05, 0.1) is 10.9 Å². The van der Waals surface area contributed by atoms with E-state index in [-0.39, 0.29) is 24.0 Å². The number of aliphatic imine (C=N–C) groups is 1. The Labute approximate surface area is 165 Å². The van der Waals surface area contributed by atoms with Crippen LogP contribution in [0.4, 0.5) is 0 Å². The predicted octanol–water partition coefficient (Wildman–Crippen LogP) is 4.23. The van der Waals surface area contributed by atoms with E-state index in [1.165, 1.54) is 17.7 Å². The molecule has 1 N–H and O–H groups in total. The van der Waals surface area contributed by atoms with Gasteiger partial charge in [-0.3, -0.25) is 4.99 Å². The fourth-order valence-corrected chi connectivity index (χ4v) is 3.66. The molecule has 1 fully saturated rings. The molecular weight excluding hydrogens is 445 g/mol. The predicted molar refractivity (Wildman–Crippen MR) is 110 cm³/mol. The molecule has 1 aliphatic rings. The van der Waals surface area contributed by atoms with Crippen LogP contribution in [0.2, 0.25) is 4.34 Å². The number of nitrogens with zero attached hydrogens (tertiary/aromatic N) is 2. The molecule has 0 saturated heterocycles. The van der Waals surface area contributed by atoms with Crippen molar-refractivity contribution in [1.82, 2.24) is 10.2 Å². The van der Waals surface area contributed by atoms with Gasteiger partial charge in [-0.25, -0.2) is 0 Å². The first kappa shape index (κ1) is 21.0. The Balaban J connectivity index is 0.00000264. The maximum atomic E-state index is 5.99. The lowest BCUT2D eigenvalue weighted by molar-refractivity contribution is 0.128. The van der Waals surface area contributed by atoms with E-state index in [0.717, 1.165) is 43.0 Å². The number of guanidine groups is 1. The van der Waals surface area contributed by atoms with Crippen LogP contribution in [0.1, 0.15) is 31.1 Å². The highest BCUT2D eigenvalue weighted by atomic mass is 127. The molecule has 0 atom stereocenters. The normalized spacial score (nSPS) is 15.9. The van der Waals surface area contributed by atoms with Crippen molar-refractivity contribution in [2.45, 2.75) is 32.7 Å². The van der Waals surface area contributed by atoms with Gasteiger partial charge in [0.25, 0.3) is 0 Å². The first-order valence-electron chi connectivity index (χ1n) is 7.82. The monoisotopic (exact) mass is 471 g/mol. The highest BCUT2D eigenvalue weighted by Crippen LogP contribution is 2.48. The van der Waals surface area contributed by atoms with Gasteiger partial charge in [-0.2, -0.15) is 0 Å². The average molecular weight is 472 g/mol. The SMILES string of the molecule is CCOCCC1(CNC(=NC)N(C)Cc2ccc(Cl)s2)CC1.I. The van der Waals surface area contributed by atoms with Crippen LogP contribution in [0.15, 0.2) is 17.1 Å². The summed E-state index contributed by atoms with van der Waals surface area (Å²) < 4.78 is 6.32. The van der Waals surface area contributed by atoms with Gasteiger partial charge in [-0.15, -0.1) is 35.3 Å². The lowest BCUT2D eigenvalue weighted by atomic mass is 10.0. The Hall–Kier alpha value is -0.0500. The van der Waals surface area contributed by atoms with Crippen LogP contribution in [-0.4, -0.2) is 44.7 Å². The smallest absolute Gasteiger partial charge is 0.193 e. The summed E-state index contributed by atoms with van der Waals surface area (Å²) in [4.78, 5) is 7.77. The average Bonchev–Trinajstić information content (AvgIpc) is 3.14. The molecule has 0 spiro atoms. The molecule has 0 aliphatic heterocycles. The second kappa shape index (κ2) is 10.1. The number of halogens is 2. The topological polar surface area (TPSA) is 36.9 Å². The van der Waals surface area contributed by atoms with Crippen molar-refractivity contribution in [3.05, 3.63) is 21.3 Å². The van der Waals surface area contributed by atoms with Gasteiger partial charge in [0.15, 0.2) is 5.96 Å². The fourth-order valence-electron chi connectivity index (χ4n) is 2.52. The van der Waals surface area contributed by atoms with E-state index in [9.17, 15) is 0 Å². The number of ether oxygens (including phenoxy) is 1. The van der Waals surface area contributed by atoms with E-state index in [0.29, 0.717) is 5.41 Å². The zero-order valence-corrected chi connectivity index (χ0v) is 18.0. The summed E-state index contributed by atoms with van der Waals surface area (Å²) in [5.41, 5.74) is 0.415. The molecule has 7 heteroatoms. The Kier molecular flexibility index (Phi) is 9.18. The highest BCUT2D eigenvalue weighted by molar-refractivity contribution is 14.0. The van der Waals surface area contributed by atoms with E-state index in [1.807, 2.05) is 20.0 Å². The van der Waals surface area contributed by atoms with E-state index in [1.54, 1.807) is 11.3 Å². The van der Waals surface area contributed by atoms with Gasteiger partial charge in [0, 0.05) is 38.7 Å². The molecule has 1 aliphatic carbocycles. The third kappa shape index (κ3) is 6.76. The first-order valence-corrected chi connectivity index (χ1v) is 9.02. The summed E-state index contributed by atoms with van der Waals surface area (Å²) in [7, 11) is 3.89. The van der Waals surface area contributed by atoms with Crippen molar-refractivity contribution in [3.8, 4) is 0 Å². The van der Waals surface area contributed by atoms with Crippen molar-refractivity contribution in [1.29, 1.82) is 0 Å². The van der Waals surface area contributed by atoms with Gasteiger partial charge in [0.2, 0.25) is 0 Å². The van der Waals surface area contributed by atoms with E-state index >= 15 is 0 Å². The van der Waals surface area contributed by atoms with E-state index < -0.39 is 0 Å². The Morgan fingerprint density at radius 3 is 2.74 bits per heavy atom. The summed E-state index contributed by atoms with van der Waals surface area (Å²) in [6.07, 6.45) is 3.71. The highest BCUT2D eigenvalue weighted by Gasteiger charge is 2.42. The number of hydrogen-bond donors (Lipinski definition) is 1. The number of hydrogen-bond acceptors (Lipinski definition) is 3. The van der Waals surface area contributed by atoms with Crippen LogP contribution < -0.4 is 5.32 Å². The summed E-state index contributed by atoms with van der Waals surface area (Å²) in [6.45, 7) is 5.51. The molecule has 0 radical (unpaired) electrons. The molecule has 1 heterocycles. The van der Waals surface area contributed by atoms with Gasteiger partial charge in [0.1, 0.15) is 0 Å². The molecule has 0 aromatic carbocycles. The van der Waals surface area contributed by atoms with Gasteiger partial charge in [-0.1, -0.05) is 11.6 Å². The maximum absolute atomic E-state index is 5.99. The van der Waals surface area contributed by atoms with Gasteiger partial charge in [-0.05, 0) is 43.7 Å². The number of thiophene rings is 1. The molecule has 1 saturated carbocycles. The van der Waals surface area contributed by atoms with Crippen molar-refractivity contribution in [2.24, 2.45) is 10.4 Å². The molecule has 0 unspecified atom stereocenters. The summed E-state index contributed by atoms with van der Waals surface area (Å²) in [5, 5.41) is 3.52. The summed E-state index contributed by atoms with van der Waals surface area (Å²) in [5.74, 6) is 0.937. The van der Waals surface area contributed by atoms with Crippen LogP contribution in [-0.2, 0) is 11.3 Å². The Bertz CT molecular complexity index is 505. The molecule has 4 nitrogen and oxygen atoms in total. The lowest BCUT2D eigenvalue weighted by Gasteiger charge is -2.24. The quantitative estimate of drug-likeness (QED) is 0.267. The molecule has 0 amide bonds. The number of nitrogens with one attached hydrogen (secondary N) is 1. The third-order valence-electron chi connectivity index (χ3n) is 4.15. The minimum absolute atomic E-state index is 0. The van der Waals surface area contributed by atoms with Crippen LogP contribution in [0.25, 0.3) is 0 Å². The van der Waals surface area contributed by atoms with Crippen molar-refractivity contribution >= 4 is 52.9 Å². The minimum Gasteiger partial charge on any atom is -0.382 e. The standard InChI is InChI=1S/C16H26ClN3OS.HI/c1-4-21-10-9-16(7-8-16)12-19-15(18-2)20(3)11-13-5-6-14(17)22-13;/h5-6H,4,7-12H2,1-3H3,(H,18,19);1H. The Morgan fingerprint density at radius 1 is 1.48 bits per heavy atom. The molecule has 2 rings (SSSR count). The van der Waals surface area contributed by atoms with Crippen LogP contribution >= 0.6 is 46.9 Å². The molecule has 1 aromatic heterocycles. The third-order valence-corrected chi connectivity index (χ3v) is 5.37. The van der Waals surface area contributed by atoms with Crippen molar-refractivity contribution in [2.75, 3.05) is 33.9 Å². The largest absolute Gasteiger partial charge is 0.382 e. The van der Waals surface area contributed by atoms with E-state index in [4.69, 9.17) is 16.3 Å². The van der Waals surface area contributed by atoms with Crippen molar-refractivity contribution in [3.63, 3.8) is 0 Å². The van der Waals surface area contributed by atoms with Crippen LogP contribution in [0.5, 0.6) is 0 Å². The summed E-state index contributed by atoms with van der Waals surface area (Å²) in [6, 6.07) is 4.01. The molecule has 132 valence electrons. The van der Waals surface area contributed by atoms with Crippen LogP contribution in [0.3, 0.4) is 0 Å². The summed E-state index contributed by atoms with van der Waals surface area (Å²) >= 11 is 7.61. The van der Waals surface area contributed by atoms with Crippen LogP contribution in [0, 0.1) is 5.41 Å². The van der Waals surface area contributed by atoms with Crippen molar-refractivity contribution < 1.29 is 4.74 Å². The Morgan fingerprint density at radius 2 is 2.22 bits per heavy atom. The lowest BCUT2D eigenvalue weighted by Crippen LogP contribution is -2.41. The number of rotatable bonds is 8. The fraction of sp³-hybridized carbons (Fsp3) is 0.688. The molecular formula is C16H27ClIN3OS. The van der Waals surface area contributed by atoms with Gasteiger partial charge < -0.3 is 15.0 Å². The minimum atomic E-state index is 0. The second-order valence-electron chi connectivity index (χ2n) is 5.91.